The monoisotopic (exact) mass is 376 g/mol. The predicted octanol–water partition coefficient (Wildman–Crippen LogP) is 3.60. The van der Waals surface area contributed by atoms with Crippen LogP contribution in [0, 0.1) is 0 Å². The number of rotatable bonds is 6. The Balaban J connectivity index is 1.53. The molecule has 0 bridgehead atoms. The topological polar surface area (TPSA) is 63.6 Å². The zero-order chi connectivity index (χ0) is 17.8. The number of hydrogen-bond donors (Lipinski definition) is 1. The summed E-state index contributed by atoms with van der Waals surface area (Å²) in [6.45, 7) is 0.131. The molecule has 1 aliphatic heterocycles. The number of benzene rings is 2. The van der Waals surface area contributed by atoms with E-state index in [4.69, 9.17) is 16.3 Å². The van der Waals surface area contributed by atoms with E-state index in [1.54, 1.807) is 36.4 Å². The van der Waals surface area contributed by atoms with E-state index in [-0.39, 0.29) is 29.2 Å². The number of aliphatic hydroxyl groups excluding tert-OH is 1. The van der Waals surface area contributed by atoms with Crippen molar-refractivity contribution in [2.75, 3.05) is 6.61 Å². The van der Waals surface area contributed by atoms with E-state index in [1.807, 2.05) is 12.1 Å². The number of ketones is 1. The normalized spacial score (nSPS) is 18.4. The van der Waals surface area contributed by atoms with Crippen LogP contribution in [0.5, 0.6) is 5.75 Å². The largest absolute Gasteiger partial charge is 0.491 e. The van der Waals surface area contributed by atoms with Crippen molar-refractivity contribution in [2.45, 2.75) is 24.2 Å². The molecule has 130 valence electrons. The average molecular weight is 377 g/mol. The van der Waals surface area contributed by atoms with Crippen LogP contribution in [0.2, 0.25) is 5.02 Å². The average Bonchev–Trinajstić information content (AvgIpc) is 2.92. The van der Waals surface area contributed by atoms with E-state index < -0.39 is 6.10 Å². The van der Waals surface area contributed by atoms with Crippen LogP contribution in [0.1, 0.15) is 23.7 Å². The number of aliphatic hydroxyl groups is 1. The fraction of sp³-hybridized carbons (Fsp3) is 0.263. The second-order valence-corrected chi connectivity index (χ2v) is 7.54. The van der Waals surface area contributed by atoms with E-state index in [2.05, 4.69) is 0 Å². The quantitative estimate of drug-likeness (QED) is 0.780. The maximum absolute atomic E-state index is 11.7. The standard InChI is InChI=1S/C19H17ClO4S/c20-14-5-3-13(4-6-14)17(22)11-24-15-7-1-12(2-8-15)9-18-16(21)10-19(23)25-18/h1-8,17-18,22H,9-11H2/t17-,18?/m1/s1. The molecule has 1 aliphatic rings. The molecule has 2 atom stereocenters. The van der Waals surface area contributed by atoms with Gasteiger partial charge in [-0.15, -0.1) is 0 Å². The number of carbonyl (C=O) groups is 2. The molecule has 1 heterocycles. The number of Topliss-reactive ketones (excluding diaryl/α,β-unsaturated/α-hetero) is 1. The van der Waals surface area contributed by atoms with Gasteiger partial charge in [0, 0.05) is 5.02 Å². The van der Waals surface area contributed by atoms with Crippen LogP contribution in [-0.2, 0) is 16.0 Å². The van der Waals surface area contributed by atoms with E-state index >= 15 is 0 Å². The van der Waals surface area contributed by atoms with Gasteiger partial charge in [-0.1, -0.05) is 47.6 Å². The number of halogens is 1. The lowest BCUT2D eigenvalue weighted by molar-refractivity contribution is -0.121. The molecule has 3 rings (SSSR count). The molecule has 0 radical (unpaired) electrons. The molecule has 0 aliphatic carbocycles. The maximum Gasteiger partial charge on any atom is 0.197 e. The maximum atomic E-state index is 11.7. The van der Waals surface area contributed by atoms with Crippen molar-refractivity contribution in [3.63, 3.8) is 0 Å². The highest BCUT2D eigenvalue weighted by molar-refractivity contribution is 8.15. The third-order valence-corrected chi connectivity index (χ3v) is 5.33. The summed E-state index contributed by atoms with van der Waals surface area (Å²) in [5, 5.41) is 10.4. The molecule has 1 fully saturated rings. The van der Waals surface area contributed by atoms with Crippen LogP contribution < -0.4 is 4.74 Å². The number of carbonyl (C=O) groups excluding carboxylic acids is 2. The van der Waals surface area contributed by atoms with Crippen molar-refractivity contribution in [3.8, 4) is 5.75 Å². The van der Waals surface area contributed by atoms with E-state index in [0.717, 1.165) is 22.9 Å². The van der Waals surface area contributed by atoms with Crippen molar-refractivity contribution in [3.05, 3.63) is 64.7 Å². The first kappa shape index (κ1) is 18.0. The Hall–Kier alpha value is -1.82. The summed E-state index contributed by atoms with van der Waals surface area (Å²) in [7, 11) is 0. The third-order valence-electron chi connectivity index (χ3n) is 3.96. The Morgan fingerprint density at radius 3 is 2.40 bits per heavy atom. The van der Waals surface area contributed by atoms with Crippen LogP contribution in [0.25, 0.3) is 0 Å². The summed E-state index contributed by atoms with van der Waals surface area (Å²) in [5.41, 5.74) is 1.72. The Bertz CT molecular complexity index is 758. The summed E-state index contributed by atoms with van der Waals surface area (Å²) < 4.78 is 5.61. The van der Waals surface area contributed by atoms with Crippen molar-refractivity contribution in [1.82, 2.24) is 0 Å². The zero-order valence-corrected chi connectivity index (χ0v) is 14.9. The van der Waals surface area contributed by atoms with Crippen LogP contribution in [0.3, 0.4) is 0 Å². The summed E-state index contributed by atoms with van der Waals surface area (Å²) >= 11 is 6.95. The van der Waals surface area contributed by atoms with Gasteiger partial charge in [-0.05, 0) is 41.8 Å². The van der Waals surface area contributed by atoms with Crippen molar-refractivity contribution in [1.29, 1.82) is 0 Å². The minimum absolute atomic E-state index is 0.00131. The van der Waals surface area contributed by atoms with E-state index in [0.29, 0.717) is 17.2 Å². The van der Waals surface area contributed by atoms with Gasteiger partial charge in [0.2, 0.25) is 0 Å². The van der Waals surface area contributed by atoms with Crippen molar-refractivity contribution >= 4 is 34.3 Å². The molecular weight excluding hydrogens is 360 g/mol. The first-order chi connectivity index (χ1) is 12.0. The van der Waals surface area contributed by atoms with E-state index in [1.165, 1.54) is 0 Å². The summed E-state index contributed by atoms with van der Waals surface area (Å²) in [6, 6.07) is 14.3. The molecule has 0 saturated carbocycles. The van der Waals surface area contributed by atoms with Gasteiger partial charge in [0.15, 0.2) is 10.9 Å². The second-order valence-electron chi connectivity index (χ2n) is 5.85. The van der Waals surface area contributed by atoms with Gasteiger partial charge in [-0.3, -0.25) is 9.59 Å². The predicted molar refractivity (Wildman–Crippen MR) is 98.1 cm³/mol. The van der Waals surface area contributed by atoms with Gasteiger partial charge in [-0.25, -0.2) is 0 Å². The summed E-state index contributed by atoms with van der Waals surface area (Å²) in [5.74, 6) is 0.639. The van der Waals surface area contributed by atoms with Crippen LogP contribution >= 0.6 is 23.4 Å². The highest BCUT2D eigenvalue weighted by Gasteiger charge is 2.31. The van der Waals surface area contributed by atoms with Crippen LogP contribution in [-0.4, -0.2) is 27.9 Å². The number of thioether (sulfide) groups is 1. The van der Waals surface area contributed by atoms with Gasteiger partial charge in [0.1, 0.15) is 18.5 Å². The lowest BCUT2D eigenvalue weighted by atomic mass is 10.1. The SMILES string of the molecule is O=C1CC(=O)C(Cc2ccc(OC[C@@H](O)c3ccc(Cl)cc3)cc2)S1. The molecule has 2 aromatic carbocycles. The fourth-order valence-corrected chi connectivity index (χ4v) is 3.73. The minimum Gasteiger partial charge on any atom is -0.491 e. The molecule has 0 aromatic heterocycles. The molecule has 25 heavy (non-hydrogen) atoms. The third kappa shape index (κ3) is 4.84. The molecule has 4 nitrogen and oxygen atoms in total. The Kier molecular flexibility index (Phi) is 5.78. The summed E-state index contributed by atoms with van der Waals surface area (Å²) in [4.78, 5) is 23.0. The van der Waals surface area contributed by atoms with Crippen molar-refractivity contribution < 1.29 is 19.4 Å². The van der Waals surface area contributed by atoms with Crippen LogP contribution in [0.4, 0.5) is 0 Å². The molecule has 0 amide bonds. The lowest BCUT2D eigenvalue weighted by Gasteiger charge is -2.13. The molecule has 1 N–H and O–H groups in total. The second kappa shape index (κ2) is 8.04. The highest BCUT2D eigenvalue weighted by atomic mass is 35.5. The Morgan fingerprint density at radius 1 is 1.12 bits per heavy atom. The molecule has 6 heteroatoms. The summed E-state index contributed by atoms with van der Waals surface area (Å²) in [6.07, 6.45) is -0.155. The molecule has 2 aromatic rings. The van der Waals surface area contributed by atoms with Gasteiger partial charge < -0.3 is 9.84 Å². The molecule has 1 saturated heterocycles. The van der Waals surface area contributed by atoms with Gasteiger partial charge in [0.25, 0.3) is 0 Å². The lowest BCUT2D eigenvalue weighted by Crippen LogP contribution is -2.13. The number of hydrogen-bond acceptors (Lipinski definition) is 5. The first-order valence-electron chi connectivity index (χ1n) is 7.89. The minimum atomic E-state index is -0.740. The Labute approximate surface area is 155 Å². The van der Waals surface area contributed by atoms with Gasteiger partial charge in [0.05, 0.1) is 11.7 Å². The van der Waals surface area contributed by atoms with Gasteiger partial charge in [-0.2, -0.15) is 0 Å². The van der Waals surface area contributed by atoms with Crippen molar-refractivity contribution in [2.24, 2.45) is 0 Å². The van der Waals surface area contributed by atoms with Gasteiger partial charge >= 0.3 is 0 Å². The molecule has 0 spiro atoms. The number of ether oxygens (including phenoxy) is 1. The highest BCUT2D eigenvalue weighted by Crippen LogP contribution is 2.28. The zero-order valence-electron chi connectivity index (χ0n) is 13.4. The smallest absolute Gasteiger partial charge is 0.197 e. The first-order valence-corrected chi connectivity index (χ1v) is 9.14. The molecular formula is C19H17ClO4S. The molecule has 1 unspecified atom stereocenters. The Morgan fingerprint density at radius 2 is 1.80 bits per heavy atom. The van der Waals surface area contributed by atoms with Crippen LogP contribution in [0.15, 0.2) is 48.5 Å². The van der Waals surface area contributed by atoms with E-state index in [9.17, 15) is 14.7 Å². The fourth-order valence-electron chi connectivity index (χ4n) is 2.57.